The van der Waals surface area contributed by atoms with Crippen LogP contribution in [0.4, 0.5) is 0 Å². The Hall–Kier alpha value is -1.26. The van der Waals surface area contributed by atoms with Crippen molar-refractivity contribution in [3.8, 4) is 11.5 Å². The summed E-state index contributed by atoms with van der Waals surface area (Å²) >= 11 is 0. The molecule has 0 spiro atoms. The molecule has 0 amide bonds. The SMILES string of the molecule is C[C@@H]([C@H]1COc2ccccc2O1)N1CCN(C)CC1. The van der Waals surface area contributed by atoms with Crippen molar-refractivity contribution in [3.05, 3.63) is 24.3 Å². The van der Waals surface area contributed by atoms with Crippen LogP contribution in [0, 0.1) is 0 Å². The maximum absolute atomic E-state index is 6.09. The van der Waals surface area contributed by atoms with Gasteiger partial charge >= 0.3 is 0 Å². The summed E-state index contributed by atoms with van der Waals surface area (Å²) < 4.78 is 11.9. The Morgan fingerprint density at radius 1 is 1.11 bits per heavy atom. The van der Waals surface area contributed by atoms with Gasteiger partial charge in [-0.15, -0.1) is 0 Å². The third kappa shape index (κ3) is 2.69. The van der Waals surface area contributed by atoms with E-state index in [0.29, 0.717) is 12.6 Å². The summed E-state index contributed by atoms with van der Waals surface area (Å²) in [6, 6.07) is 8.31. The number of hydrogen-bond acceptors (Lipinski definition) is 4. The van der Waals surface area contributed by atoms with E-state index in [1.165, 1.54) is 0 Å². The first kappa shape index (κ1) is 12.8. The molecule has 2 aliphatic heterocycles. The van der Waals surface area contributed by atoms with Crippen LogP contribution in [0.1, 0.15) is 6.92 Å². The number of ether oxygens (including phenoxy) is 2. The van der Waals surface area contributed by atoms with Crippen molar-refractivity contribution in [2.24, 2.45) is 0 Å². The van der Waals surface area contributed by atoms with E-state index in [1.807, 2.05) is 24.3 Å². The molecule has 0 saturated carbocycles. The van der Waals surface area contributed by atoms with E-state index in [9.17, 15) is 0 Å². The molecule has 4 heteroatoms. The Bertz CT molecular complexity index is 430. The smallest absolute Gasteiger partial charge is 0.161 e. The van der Waals surface area contributed by atoms with Gasteiger partial charge in [0, 0.05) is 32.2 Å². The molecule has 1 aromatic rings. The summed E-state index contributed by atoms with van der Waals surface area (Å²) in [5.41, 5.74) is 0. The Morgan fingerprint density at radius 3 is 2.53 bits per heavy atom. The zero-order chi connectivity index (χ0) is 13.2. The van der Waals surface area contributed by atoms with Crippen molar-refractivity contribution >= 4 is 0 Å². The van der Waals surface area contributed by atoms with Crippen molar-refractivity contribution in [3.63, 3.8) is 0 Å². The summed E-state index contributed by atoms with van der Waals surface area (Å²) in [6.45, 7) is 7.37. The molecule has 0 aliphatic carbocycles. The fourth-order valence-corrected chi connectivity index (χ4v) is 2.74. The van der Waals surface area contributed by atoms with Gasteiger partial charge in [-0.2, -0.15) is 0 Å². The molecule has 3 rings (SSSR count). The van der Waals surface area contributed by atoms with Crippen LogP contribution >= 0.6 is 0 Å². The second-order valence-corrected chi connectivity index (χ2v) is 5.49. The lowest BCUT2D eigenvalue weighted by Crippen LogP contribution is -2.54. The van der Waals surface area contributed by atoms with Crippen molar-refractivity contribution in [1.29, 1.82) is 0 Å². The molecule has 1 fully saturated rings. The lowest BCUT2D eigenvalue weighted by atomic mass is 10.1. The minimum Gasteiger partial charge on any atom is -0.486 e. The lowest BCUT2D eigenvalue weighted by molar-refractivity contribution is 0.00507. The van der Waals surface area contributed by atoms with Gasteiger partial charge in [-0.1, -0.05) is 12.1 Å². The minimum absolute atomic E-state index is 0.123. The third-order valence-electron chi connectivity index (χ3n) is 4.18. The van der Waals surface area contributed by atoms with Crippen LogP contribution in [0.5, 0.6) is 11.5 Å². The number of para-hydroxylation sites is 2. The maximum atomic E-state index is 6.09. The van der Waals surface area contributed by atoms with Crippen molar-refractivity contribution < 1.29 is 9.47 Å². The van der Waals surface area contributed by atoms with Crippen LogP contribution in [-0.2, 0) is 0 Å². The highest BCUT2D eigenvalue weighted by Gasteiger charge is 2.31. The fourth-order valence-electron chi connectivity index (χ4n) is 2.74. The Balaban J connectivity index is 1.64. The van der Waals surface area contributed by atoms with Crippen LogP contribution in [0.3, 0.4) is 0 Å². The normalized spacial score (nSPS) is 26.1. The number of nitrogens with zero attached hydrogens (tertiary/aromatic N) is 2. The predicted octanol–water partition coefficient (Wildman–Crippen LogP) is 1.46. The van der Waals surface area contributed by atoms with Gasteiger partial charge in [0.05, 0.1) is 0 Å². The van der Waals surface area contributed by atoms with E-state index >= 15 is 0 Å². The zero-order valence-electron chi connectivity index (χ0n) is 11.7. The standard InChI is InChI=1S/C15H22N2O2/c1-12(17-9-7-16(2)8-10-17)15-11-18-13-5-3-4-6-14(13)19-15/h3-6,12,15H,7-11H2,1-2H3/t12-,15+/m0/s1. The van der Waals surface area contributed by atoms with Gasteiger partial charge in [-0.05, 0) is 26.1 Å². The second kappa shape index (κ2) is 5.39. The lowest BCUT2D eigenvalue weighted by Gasteiger charge is -2.40. The first-order valence-corrected chi connectivity index (χ1v) is 7.05. The van der Waals surface area contributed by atoms with Gasteiger partial charge in [0.25, 0.3) is 0 Å². The molecule has 2 aliphatic rings. The Kier molecular flexibility index (Phi) is 3.62. The van der Waals surface area contributed by atoms with Crippen molar-refractivity contribution in [2.45, 2.75) is 19.1 Å². The largest absolute Gasteiger partial charge is 0.486 e. The molecular weight excluding hydrogens is 240 g/mol. The van der Waals surface area contributed by atoms with Crippen LogP contribution in [0.2, 0.25) is 0 Å². The highest BCUT2D eigenvalue weighted by Crippen LogP contribution is 2.32. The van der Waals surface area contributed by atoms with Gasteiger partial charge in [-0.25, -0.2) is 0 Å². The molecule has 19 heavy (non-hydrogen) atoms. The Labute approximate surface area is 114 Å². The molecule has 2 atom stereocenters. The third-order valence-corrected chi connectivity index (χ3v) is 4.18. The fraction of sp³-hybridized carbons (Fsp3) is 0.600. The van der Waals surface area contributed by atoms with Gasteiger partial charge in [0.15, 0.2) is 11.5 Å². The average molecular weight is 262 g/mol. The highest BCUT2D eigenvalue weighted by atomic mass is 16.6. The maximum Gasteiger partial charge on any atom is 0.161 e. The first-order valence-electron chi connectivity index (χ1n) is 7.05. The van der Waals surface area contributed by atoms with Crippen LogP contribution in [0.25, 0.3) is 0 Å². The van der Waals surface area contributed by atoms with E-state index in [4.69, 9.17) is 9.47 Å². The van der Waals surface area contributed by atoms with Crippen LogP contribution in [0.15, 0.2) is 24.3 Å². The minimum atomic E-state index is 0.123. The Morgan fingerprint density at radius 2 is 1.79 bits per heavy atom. The predicted molar refractivity (Wildman–Crippen MR) is 74.9 cm³/mol. The zero-order valence-corrected chi connectivity index (χ0v) is 11.7. The van der Waals surface area contributed by atoms with Crippen molar-refractivity contribution in [2.75, 3.05) is 39.8 Å². The molecule has 0 bridgehead atoms. The van der Waals surface area contributed by atoms with Crippen LogP contribution < -0.4 is 9.47 Å². The molecule has 0 aromatic heterocycles. The second-order valence-electron chi connectivity index (χ2n) is 5.49. The molecule has 0 unspecified atom stereocenters. The summed E-state index contributed by atoms with van der Waals surface area (Å²) in [5.74, 6) is 1.74. The van der Waals surface area contributed by atoms with Gasteiger partial charge in [0.2, 0.25) is 0 Å². The summed E-state index contributed by atoms with van der Waals surface area (Å²) in [7, 11) is 2.18. The summed E-state index contributed by atoms with van der Waals surface area (Å²) in [6.07, 6.45) is 0.123. The van der Waals surface area contributed by atoms with E-state index < -0.39 is 0 Å². The first-order chi connectivity index (χ1) is 9.24. The molecule has 1 saturated heterocycles. The number of fused-ring (bicyclic) bond motifs is 1. The van der Waals surface area contributed by atoms with E-state index in [1.54, 1.807) is 0 Å². The summed E-state index contributed by atoms with van der Waals surface area (Å²) in [5, 5.41) is 0. The van der Waals surface area contributed by atoms with E-state index in [2.05, 4.69) is 23.8 Å². The molecule has 2 heterocycles. The van der Waals surface area contributed by atoms with Crippen molar-refractivity contribution in [1.82, 2.24) is 9.80 Å². The van der Waals surface area contributed by atoms with Gasteiger partial charge in [0.1, 0.15) is 12.7 Å². The van der Waals surface area contributed by atoms with Gasteiger partial charge in [-0.3, -0.25) is 4.90 Å². The van der Waals surface area contributed by atoms with Crippen LogP contribution in [-0.4, -0.2) is 61.8 Å². The number of piperazine rings is 1. The van der Waals surface area contributed by atoms with E-state index in [-0.39, 0.29) is 6.10 Å². The average Bonchev–Trinajstić information content (AvgIpc) is 2.47. The monoisotopic (exact) mass is 262 g/mol. The number of rotatable bonds is 2. The molecule has 4 nitrogen and oxygen atoms in total. The molecule has 104 valence electrons. The number of benzene rings is 1. The van der Waals surface area contributed by atoms with E-state index in [0.717, 1.165) is 37.7 Å². The quantitative estimate of drug-likeness (QED) is 0.805. The summed E-state index contributed by atoms with van der Waals surface area (Å²) in [4.78, 5) is 4.87. The van der Waals surface area contributed by atoms with Gasteiger partial charge < -0.3 is 14.4 Å². The topological polar surface area (TPSA) is 24.9 Å². The number of hydrogen-bond donors (Lipinski definition) is 0. The molecular formula is C15H22N2O2. The number of likely N-dealkylation sites (N-methyl/N-ethyl adjacent to an activating group) is 1. The molecule has 0 radical (unpaired) electrons. The molecule has 0 N–H and O–H groups in total. The highest BCUT2D eigenvalue weighted by molar-refractivity contribution is 5.40. The molecule has 1 aromatic carbocycles.